The number of aliphatic hydroxyl groups excluding tert-OH is 1. The van der Waals surface area contributed by atoms with Gasteiger partial charge in [0.2, 0.25) is 11.8 Å². The van der Waals surface area contributed by atoms with E-state index in [4.69, 9.17) is 14.5 Å². The zero-order valence-corrected chi connectivity index (χ0v) is 35.4. The highest BCUT2D eigenvalue weighted by molar-refractivity contribution is 7.22. The van der Waals surface area contributed by atoms with Gasteiger partial charge in [-0.25, -0.2) is 9.67 Å². The smallest absolute Gasteiger partial charge is 0.324 e. The lowest BCUT2D eigenvalue weighted by molar-refractivity contribution is -0.177. The van der Waals surface area contributed by atoms with Crippen LogP contribution in [0.3, 0.4) is 0 Å². The van der Waals surface area contributed by atoms with Gasteiger partial charge >= 0.3 is 5.97 Å². The van der Waals surface area contributed by atoms with Crippen LogP contribution in [-0.4, -0.2) is 67.0 Å². The number of carbonyl (C=O) groups is 3. The van der Waals surface area contributed by atoms with Crippen molar-refractivity contribution in [3.8, 4) is 17.6 Å². The van der Waals surface area contributed by atoms with Crippen LogP contribution in [0.15, 0.2) is 152 Å². The average Bonchev–Trinajstić information content (AvgIpc) is 4.10. The number of anilines is 2. The van der Waals surface area contributed by atoms with Gasteiger partial charge in [-0.15, -0.1) is 5.10 Å². The number of rotatable bonds is 9. The molecular formula is C51H39N7O6S. The van der Waals surface area contributed by atoms with Crippen LogP contribution in [0.1, 0.15) is 46.0 Å². The lowest BCUT2D eigenvalue weighted by Gasteiger charge is -2.46. The first-order valence-corrected chi connectivity index (χ1v) is 22.0. The first-order chi connectivity index (χ1) is 31.9. The Morgan fingerprint density at radius 3 is 2.32 bits per heavy atom. The Kier molecular flexibility index (Phi) is 10.1. The second-order valence-electron chi connectivity index (χ2n) is 16.1. The highest BCUT2D eigenvalue weighted by Gasteiger charge is 2.74. The molecule has 11 rings (SSSR count). The van der Waals surface area contributed by atoms with Gasteiger partial charge in [0.05, 0.1) is 40.3 Å². The minimum Gasteiger partial charge on any atom is -0.491 e. The number of aromatic nitrogens is 4. The van der Waals surface area contributed by atoms with E-state index in [9.17, 15) is 5.11 Å². The Hall–Kier alpha value is -7.70. The van der Waals surface area contributed by atoms with Crippen LogP contribution in [-0.2, 0) is 31.1 Å². The molecule has 0 radical (unpaired) electrons. The molecule has 320 valence electrons. The van der Waals surface area contributed by atoms with Gasteiger partial charge in [0.15, 0.2) is 5.13 Å². The summed E-state index contributed by atoms with van der Waals surface area (Å²) in [6.45, 7) is 0.165. The van der Waals surface area contributed by atoms with E-state index < -0.39 is 53.3 Å². The summed E-state index contributed by atoms with van der Waals surface area (Å²) in [4.78, 5) is 53.2. The lowest BCUT2D eigenvalue weighted by atomic mass is 9.65. The van der Waals surface area contributed by atoms with Gasteiger partial charge in [0.25, 0.3) is 0 Å². The Bertz CT molecular complexity index is 3150. The molecule has 14 heteroatoms. The third-order valence-corrected chi connectivity index (χ3v) is 13.5. The minimum atomic E-state index is -1.74. The quantitative estimate of drug-likeness (QED) is 0.0987. The fraction of sp³-hybridized carbons (Fsp3) is 0.176. The Balaban J connectivity index is 1.13. The van der Waals surface area contributed by atoms with Crippen molar-refractivity contribution in [3.05, 3.63) is 179 Å². The molecule has 8 aromatic rings. The fourth-order valence-corrected chi connectivity index (χ4v) is 10.8. The molecule has 1 spiro atoms. The molecule has 3 aliphatic rings. The van der Waals surface area contributed by atoms with Crippen molar-refractivity contribution in [1.82, 2.24) is 24.9 Å². The molecule has 2 fully saturated rings. The number of nitrogens with zero attached hydrogens (tertiary/aromatic N) is 5. The summed E-state index contributed by atoms with van der Waals surface area (Å²) >= 11 is 1.31. The zero-order chi connectivity index (χ0) is 44.1. The summed E-state index contributed by atoms with van der Waals surface area (Å²) in [6, 6.07) is 44.4. The van der Waals surface area contributed by atoms with E-state index in [1.807, 2.05) is 138 Å². The standard InChI is InChI=1S/C51H39N7O6S/c59-28-29-63-35-24-22-34(23-25-35)46-51(36-30-31(21-26-37(36)52-49(51)62)12-11-27-57-40-19-9-7-17-38(40)55-56-57)42(47(60)54-50-53-39-18-8-10-20-41(39)65-50)44-48(61)64-45(33-15-5-2-6-16-33)43(58(44)46)32-13-3-1-4-14-32/h1-10,13-26,30,42-46,59H,27-29H2,(H,52,62)(H,53,54,60). The summed E-state index contributed by atoms with van der Waals surface area (Å²) in [5, 5.41) is 24.7. The maximum Gasteiger partial charge on any atom is 0.324 e. The molecule has 2 saturated heterocycles. The van der Waals surface area contributed by atoms with Crippen LogP contribution >= 0.6 is 11.3 Å². The molecule has 13 nitrogen and oxygen atoms in total. The Labute approximate surface area is 376 Å². The number of para-hydroxylation sites is 2. The zero-order valence-electron chi connectivity index (χ0n) is 34.6. The number of benzene rings is 6. The number of amides is 2. The molecule has 0 aliphatic carbocycles. The number of esters is 1. The molecule has 0 saturated carbocycles. The predicted octanol–water partition coefficient (Wildman–Crippen LogP) is 7.37. The maximum atomic E-state index is 15.6. The van der Waals surface area contributed by atoms with Crippen molar-refractivity contribution in [3.63, 3.8) is 0 Å². The molecule has 65 heavy (non-hydrogen) atoms. The molecule has 2 amide bonds. The second-order valence-corrected chi connectivity index (χ2v) is 17.2. The lowest BCUT2D eigenvalue weighted by Crippen LogP contribution is -2.53. The van der Waals surface area contributed by atoms with Crippen molar-refractivity contribution in [1.29, 1.82) is 0 Å². The SMILES string of the molecule is O=C1OC(c2ccccc2)C(c2ccccc2)N2C1C(C(=O)Nc1nc3ccccc3s1)C1(C(=O)Nc3ccc(C#CCn4nnc5ccccc54)cc31)C2c1ccc(OCCO)cc1. The van der Waals surface area contributed by atoms with Crippen molar-refractivity contribution < 1.29 is 29.0 Å². The van der Waals surface area contributed by atoms with Crippen LogP contribution in [0.2, 0.25) is 0 Å². The van der Waals surface area contributed by atoms with Crippen LogP contribution < -0.4 is 15.4 Å². The largest absolute Gasteiger partial charge is 0.491 e. The second kappa shape index (κ2) is 16.5. The number of thiazole rings is 1. The monoisotopic (exact) mass is 877 g/mol. The Morgan fingerprint density at radius 1 is 0.831 bits per heavy atom. The van der Waals surface area contributed by atoms with Crippen LogP contribution in [0.25, 0.3) is 21.3 Å². The fourth-order valence-electron chi connectivity index (χ4n) is 9.94. The number of ether oxygens (including phenoxy) is 2. The Morgan fingerprint density at radius 2 is 1.55 bits per heavy atom. The normalized spacial score (nSPS) is 22.2. The van der Waals surface area contributed by atoms with Gasteiger partial charge in [-0.3, -0.25) is 19.3 Å². The first-order valence-electron chi connectivity index (χ1n) is 21.2. The average molecular weight is 878 g/mol. The predicted molar refractivity (Wildman–Crippen MR) is 245 cm³/mol. The highest BCUT2D eigenvalue weighted by Crippen LogP contribution is 2.65. The van der Waals surface area contributed by atoms with E-state index in [1.54, 1.807) is 22.9 Å². The third kappa shape index (κ3) is 6.80. The van der Waals surface area contributed by atoms with Crippen molar-refractivity contribution in [2.75, 3.05) is 23.8 Å². The molecule has 2 aromatic heterocycles. The molecule has 3 N–H and O–H groups in total. The van der Waals surface area contributed by atoms with Gasteiger partial charge in [0, 0.05) is 11.3 Å². The number of nitrogens with one attached hydrogen (secondary N) is 2. The number of hydrogen-bond donors (Lipinski definition) is 3. The number of hydrogen-bond acceptors (Lipinski definition) is 11. The van der Waals surface area contributed by atoms with Crippen LogP contribution in [0.4, 0.5) is 10.8 Å². The van der Waals surface area contributed by atoms with Gasteiger partial charge < -0.3 is 25.2 Å². The number of morpholine rings is 1. The summed E-state index contributed by atoms with van der Waals surface area (Å²) in [6.07, 6.45) is -0.825. The van der Waals surface area contributed by atoms with Gasteiger partial charge in [-0.2, -0.15) is 0 Å². The van der Waals surface area contributed by atoms with Crippen LogP contribution in [0, 0.1) is 17.8 Å². The van der Waals surface area contributed by atoms with Gasteiger partial charge in [-0.05, 0) is 76.9 Å². The molecular weight excluding hydrogens is 839 g/mol. The van der Waals surface area contributed by atoms with E-state index in [1.165, 1.54) is 11.3 Å². The summed E-state index contributed by atoms with van der Waals surface area (Å²) in [7, 11) is 0. The van der Waals surface area contributed by atoms with Gasteiger partial charge in [0.1, 0.15) is 42.0 Å². The van der Waals surface area contributed by atoms with Crippen molar-refractivity contribution in [2.45, 2.75) is 36.2 Å². The number of aliphatic hydroxyl groups is 1. The van der Waals surface area contributed by atoms with E-state index >= 15 is 14.4 Å². The summed E-state index contributed by atoms with van der Waals surface area (Å²) in [5.41, 5.74) is 4.40. The van der Waals surface area contributed by atoms with E-state index in [0.29, 0.717) is 38.8 Å². The topological polar surface area (TPSA) is 161 Å². The number of fused-ring (bicyclic) bond motifs is 5. The van der Waals surface area contributed by atoms with E-state index in [0.717, 1.165) is 26.9 Å². The number of cyclic esters (lactones) is 1. The van der Waals surface area contributed by atoms with Crippen molar-refractivity contribution >= 4 is 61.2 Å². The molecule has 0 bridgehead atoms. The van der Waals surface area contributed by atoms with E-state index in [2.05, 4.69) is 32.8 Å². The molecule has 3 aliphatic heterocycles. The van der Waals surface area contributed by atoms with Gasteiger partial charge in [-0.1, -0.05) is 125 Å². The van der Waals surface area contributed by atoms with Crippen molar-refractivity contribution in [2.24, 2.45) is 5.92 Å². The molecule has 5 heterocycles. The first kappa shape index (κ1) is 40.1. The number of carbonyl (C=O) groups excluding carboxylic acids is 3. The van der Waals surface area contributed by atoms with Crippen LogP contribution in [0.5, 0.6) is 5.75 Å². The maximum absolute atomic E-state index is 15.6. The minimum absolute atomic E-state index is 0.0856. The third-order valence-electron chi connectivity index (χ3n) is 12.6. The highest BCUT2D eigenvalue weighted by atomic mass is 32.1. The molecule has 6 atom stereocenters. The molecule has 6 unspecified atom stereocenters. The molecule has 6 aromatic carbocycles. The summed E-state index contributed by atoms with van der Waals surface area (Å²) < 4.78 is 15.0. The van der Waals surface area contributed by atoms with E-state index in [-0.39, 0.29) is 19.8 Å². The summed E-state index contributed by atoms with van der Waals surface area (Å²) in [5.74, 6) is 4.01.